The topological polar surface area (TPSA) is 173 Å². The number of nitrogens with one attached hydrogen (secondary N) is 2. The van der Waals surface area contributed by atoms with Crippen LogP contribution in [-0.2, 0) is 13.0 Å². The maximum Gasteiger partial charge on any atom is 0.354 e. The summed E-state index contributed by atoms with van der Waals surface area (Å²) in [5.74, 6) is -0.501. The number of aliphatic hydroxyl groups is 1. The van der Waals surface area contributed by atoms with Crippen molar-refractivity contribution >= 4 is 28.6 Å². The second kappa shape index (κ2) is 14.2. The van der Waals surface area contributed by atoms with E-state index < -0.39 is 11.5 Å². The molecule has 0 radical (unpaired) electrons. The quantitative estimate of drug-likeness (QED) is 0.0739. The van der Waals surface area contributed by atoms with E-state index in [0.717, 1.165) is 17.5 Å². The van der Waals surface area contributed by atoms with E-state index in [4.69, 9.17) is 33.9 Å². The number of rotatable bonds is 14. The molecule has 0 bridgehead atoms. The van der Waals surface area contributed by atoms with Gasteiger partial charge in [0.1, 0.15) is 5.65 Å². The molecular weight excluding hydrogens is 559 g/mol. The first-order valence-corrected chi connectivity index (χ1v) is 14.0. The Morgan fingerprint density at radius 3 is 2.67 bits per heavy atom. The lowest BCUT2D eigenvalue weighted by Gasteiger charge is -2.14. The van der Waals surface area contributed by atoms with Crippen LogP contribution in [0.2, 0.25) is 5.02 Å². The monoisotopic (exact) mass is 594 g/mol. The molecule has 0 aliphatic heterocycles. The molecular formula is C30H36ClFN8O2. The molecule has 222 valence electrons. The Kier molecular flexibility index (Phi) is 10.5. The molecule has 12 heteroatoms. The van der Waals surface area contributed by atoms with Gasteiger partial charge in [-0.25, -0.2) is 9.18 Å². The van der Waals surface area contributed by atoms with Crippen molar-refractivity contribution in [3.05, 3.63) is 93.8 Å². The molecule has 0 saturated carbocycles. The molecule has 10 nitrogen and oxygen atoms in total. The zero-order valence-electron chi connectivity index (χ0n) is 23.2. The summed E-state index contributed by atoms with van der Waals surface area (Å²) in [5.41, 5.74) is 19.7. The number of aromatic nitrogens is 3. The van der Waals surface area contributed by atoms with E-state index in [0.29, 0.717) is 54.8 Å². The van der Waals surface area contributed by atoms with Crippen molar-refractivity contribution in [2.75, 3.05) is 13.2 Å². The summed E-state index contributed by atoms with van der Waals surface area (Å²) in [6, 6.07) is 12.3. The maximum absolute atomic E-state index is 15.1. The number of nitrogens with zero attached hydrogens (tertiary/aromatic N) is 3. The van der Waals surface area contributed by atoms with Crippen molar-refractivity contribution in [3.63, 3.8) is 0 Å². The van der Waals surface area contributed by atoms with Crippen molar-refractivity contribution in [1.82, 2.24) is 19.9 Å². The van der Waals surface area contributed by atoms with Crippen molar-refractivity contribution in [2.24, 2.45) is 22.2 Å². The Balaban J connectivity index is 1.51. The number of aromatic amines is 1. The fourth-order valence-electron chi connectivity index (χ4n) is 4.63. The maximum atomic E-state index is 15.1. The lowest BCUT2D eigenvalue weighted by molar-refractivity contribution is 0.258. The van der Waals surface area contributed by atoms with E-state index in [1.54, 1.807) is 24.4 Å². The number of guanidine groups is 1. The van der Waals surface area contributed by atoms with Crippen molar-refractivity contribution < 1.29 is 9.50 Å². The first-order valence-electron chi connectivity index (χ1n) is 13.7. The van der Waals surface area contributed by atoms with E-state index in [9.17, 15) is 4.79 Å². The van der Waals surface area contributed by atoms with Crippen LogP contribution in [0.5, 0.6) is 0 Å². The minimum absolute atomic E-state index is 0.00269. The Morgan fingerprint density at radius 2 is 1.98 bits per heavy atom. The molecule has 4 rings (SSSR count). The summed E-state index contributed by atoms with van der Waals surface area (Å²) < 4.78 is 16.5. The third kappa shape index (κ3) is 7.83. The van der Waals surface area contributed by atoms with Crippen molar-refractivity contribution in [3.8, 4) is 16.9 Å². The molecule has 2 aromatic carbocycles. The fourth-order valence-corrected chi connectivity index (χ4v) is 4.87. The van der Waals surface area contributed by atoms with Gasteiger partial charge >= 0.3 is 5.69 Å². The molecule has 0 amide bonds. The molecule has 4 aromatic rings. The number of aliphatic hydroxyl groups excluding tert-OH is 1. The minimum atomic E-state index is -0.562. The molecule has 2 atom stereocenters. The second-order valence-electron chi connectivity index (χ2n) is 10.1. The average Bonchev–Trinajstić information content (AvgIpc) is 3.38. The SMILES string of the molecule is C=C[C@@H](CCN=C(N)N)NCc1ccc(-n2cc3cc(-c4cc(CCC[C@@H](N)CO)cc(Cl)c4F)[nH]c3nc2=O)cc1. The number of H-pyrrole nitrogens is 1. The van der Waals surface area contributed by atoms with Gasteiger partial charge in [0.15, 0.2) is 11.8 Å². The molecule has 0 aliphatic rings. The fraction of sp³-hybridized carbons (Fsp3) is 0.300. The van der Waals surface area contributed by atoms with Gasteiger partial charge < -0.3 is 32.6 Å². The predicted molar refractivity (Wildman–Crippen MR) is 166 cm³/mol. The van der Waals surface area contributed by atoms with E-state index in [1.165, 1.54) is 4.57 Å². The number of hydrogen-bond donors (Lipinski definition) is 6. The zero-order chi connectivity index (χ0) is 30.2. The summed E-state index contributed by atoms with van der Waals surface area (Å²) in [5, 5.41) is 13.2. The smallest absolute Gasteiger partial charge is 0.354 e. The summed E-state index contributed by atoms with van der Waals surface area (Å²) in [7, 11) is 0. The number of nitrogens with two attached hydrogens (primary N) is 3. The van der Waals surface area contributed by atoms with E-state index in [-0.39, 0.29) is 35.2 Å². The molecule has 0 fully saturated rings. The molecule has 2 aromatic heterocycles. The van der Waals surface area contributed by atoms with Gasteiger partial charge in [-0.2, -0.15) is 4.98 Å². The summed E-state index contributed by atoms with van der Waals surface area (Å²) in [6.07, 6.45) is 6.18. The number of benzene rings is 2. The van der Waals surface area contributed by atoms with Gasteiger partial charge in [0.25, 0.3) is 0 Å². The van der Waals surface area contributed by atoms with Crippen LogP contribution in [-0.4, -0.2) is 50.8 Å². The van der Waals surface area contributed by atoms with Crippen LogP contribution >= 0.6 is 11.6 Å². The Bertz CT molecular complexity index is 1610. The van der Waals surface area contributed by atoms with Crippen LogP contribution in [0.15, 0.2) is 71.1 Å². The van der Waals surface area contributed by atoms with Gasteiger partial charge in [0.2, 0.25) is 0 Å². The average molecular weight is 595 g/mol. The molecule has 9 N–H and O–H groups in total. The van der Waals surface area contributed by atoms with Crippen LogP contribution in [0.3, 0.4) is 0 Å². The third-order valence-corrected chi connectivity index (χ3v) is 7.24. The molecule has 0 aliphatic carbocycles. The highest BCUT2D eigenvalue weighted by Gasteiger charge is 2.16. The largest absolute Gasteiger partial charge is 0.395 e. The molecule has 2 heterocycles. The van der Waals surface area contributed by atoms with Crippen molar-refractivity contribution in [2.45, 2.75) is 44.3 Å². The van der Waals surface area contributed by atoms with E-state index in [2.05, 4.69) is 26.9 Å². The van der Waals surface area contributed by atoms with Crippen LogP contribution < -0.4 is 28.2 Å². The third-order valence-electron chi connectivity index (χ3n) is 6.96. The standard InChI is InChI=1S/C30H36ClFN8O2/c1-2-22(10-11-36-29(34)35)37-15-18-6-8-23(9-7-18)40-16-20-14-26(38-28(20)39-30(40)42)24-12-19(13-25(31)27(24)32)4-3-5-21(33)17-41/h2,6-9,12-14,16,21-22,37,41H,1,3-5,10-11,15,17,33H2,(H4,34,35,36)(H,38,39,42)/t21-,22+/m1/s1. The van der Waals surface area contributed by atoms with Crippen LogP contribution in [0.4, 0.5) is 4.39 Å². The predicted octanol–water partition coefficient (Wildman–Crippen LogP) is 3.12. The van der Waals surface area contributed by atoms with Gasteiger partial charge in [-0.3, -0.25) is 9.56 Å². The first-order chi connectivity index (χ1) is 20.2. The molecule has 0 saturated heterocycles. The lowest BCUT2D eigenvalue weighted by Crippen LogP contribution is -2.28. The summed E-state index contributed by atoms with van der Waals surface area (Å²) in [4.78, 5) is 24.1. The van der Waals surface area contributed by atoms with Gasteiger partial charge in [-0.05, 0) is 67.1 Å². The van der Waals surface area contributed by atoms with E-state index >= 15 is 4.39 Å². The Labute approximate surface area is 248 Å². The number of hydrogen-bond acceptors (Lipinski definition) is 6. The number of fused-ring (bicyclic) bond motifs is 1. The molecule has 42 heavy (non-hydrogen) atoms. The minimum Gasteiger partial charge on any atom is -0.395 e. The Morgan fingerprint density at radius 1 is 1.21 bits per heavy atom. The van der Waals surface area contributed by atoms with E-state index in [1.807, 2.05) is 30.3 Å². The first kappa shape index (κ1) is 30.9. The number of aryl methyl sites for hydroxylation is 1. The lowest BCUT2D eigenvalue weighted by atomic mass is 10.0. The zero-order valence-corrected chi connectivity index (χ0v) is 23.9. The van der Waals surface area contributed by atoms with Gasteiger partial charge in [0, 0.05) is 42.3 Å². The highest BCUT2D eigenvalue weighted by Crippen LogP contribution is 2.31. The van der Waals surface area contributed by atoms with Crippen LogP contribution in [0.1, 0.15) is 30.4 Å². The van der Waals surface area contributed by atoms with Gasteiger partial charge in [-0.1, -0.05) is 29.8 Å². The number of halogens is 2. The van der Waals surface area contributed by atoms with Crippen LogP contribution in [0.25, 0.3) is 28.0 Å². The van der Waals surface area contributed by atoms with Gasteiger partial charge in [-0.15, -0.1) is 6.58 Å². The highest BCUT2D eigenvalue weighted by atomic mass is 35.5. The van der Waals surface area contributed by atoms with Crippen molar-refractivity contribution in [1.29, 1.82) is 0 Å². The normalized spacial score (nSPS) is 12.8. The van der Waals surface area contributed by atoms with Gasteiger partial charge in [0.05, 0.1) is 23.0 Å². The molecule has 0 unspecified atom stereocenters. The second-order valence-corrected chi connectivity index (χ2v) is 10.5. The Hall–Kier alpha value is -4.03. The number of aliphatic imine (C=N–C) groups is 1. The summed E-state index contributed by atoms with van der Waals surface area (Å²) in [6.45, 7) is 4.86. The highest BCUT2D eigenvalue weighted by molar-refractivity contribution is 6.31. The molecule has 0 spiro atoms. The summed E-state index contributed by atoms with van der Waals surface area (Å²) >= 11 is 6.21. The van der Waals surface area contributed by atoms with Crippen LogP contribution in [0, 0.1) is 5.82 Å².